The number of primary amides is 2. The van der Waals surface area contributed by atoms with Gasteiger partial charge in [0.05, 0.1) is 36.9 Å². The number of rotatable bonds is 12. The number of amides is 2. The van der Waals surface area contributed by atoms with Crippen LogP contribution in [0.3, 0.4) is 0 Å². The Labute approximate surface area is 238 Å². The highest BCUT2D eigenvalue weighted by Crippen LogP contribution is 2.39. The van der Waals surface area contributed by atoms with Crippen LogP contribution in [0.25, 0.3) is 10.9 Å². The maximum absolute atomic E-state index is 13.5. The third-order valence-corrected chi connectivity index (χ3v) is 6.30. The molecule has 18 heteroatoms. The molecule has 3 atom stereocenters. The molecule has 2 unspecified atom stereocenters. The number of nitrogens with two attached hydrogens (primary N) is 2. The fourth-order valence-electron chi connectivity index (χ4n) is 4.58. The first-order valence-corrected chi connectivity index (χ1v) is 12.4. The zero-order chi connectivity index (χ0) is 31.4. The van der Waals surface area contributed by atoms with Gasteiger partial charge in [0.15, 0.2) is 5.96 Å². The molecule has 0 saturated carbocycles. The summed E-state index contributed by atoms with van der Waals surface area (Å²) in [7, 11) is 0. The Balaban J connectivity index is 1.88. The Hall–Kier alpha value is -5.16. The number of hydrogen-bond acceptors (Lipinski definition) is 9. The normalized spacial score (nSPS) is 16.3. The topological polar surface area (TPSA) is 196 Å². The van der Waals surface area contributed by atoms with Gasteiger partial charge >= 0.3 is 19.2 Å². The van der Waals surface area contributed by atoms with Gasteiger partial charge in [-0.05, 0) is 29.8 Å². The summed E-state index contributed by atoms with van der Waals surface area (Å²) >= 11 is 0. The Morgan fingerprint density at radius 2 is 1.72 bits per heavy atom. The van der Waals surface area contributed by atoms with Crippen molar-refractivity contribution in [3.63, 3.8) is 0 Å². The summed E-state index contributed by atoms with van der Waals surface area (Å²) in [6, 6.07) is 3.48. The summed E-state index contributed by atoms with van der Waals surface area (Å²) in [5.41, 5.74) is 11.1. The fraction of sp³-hybridized carbons (Fsp3) is 0.320. The molecular weight excluding hydrogens is 589 g/mol. The van der Waals surface area contributed by atoms with Gasteiger partial charge in [-0.15, -0.1) is 0 Å². The molecule has 0 aliphatic carbocycles. The highest BCUT2D eigenvalue weighted by Gasteiger charge is 2.35. The number of nitrogens with one attached hydrogen (secondary N) is 2. The molecule has 4 rings (SSSR count). The number of benzene rings is 2. The lowest BCUT2D eigenvalue weighted by Crippen LogP contribution is -2.41. The van der Waals surface area contributed by atoms with Gasteiger partial charge in [-0.2, -0.15) is 22.7 Å². The number of fused-ring (bicyclic) bond motifs is 1. The smallest absolute Gasteiger partial charge is 0.387 e. The molecule has 0 saturated heterocycles. The van der Waals surface area contributed by atoms with Gasteiger partial charge in [0.2, 0.25) is 11.8 Å². The molecular formula is C25H24F5N7O6. The number of aromatic nitrogens is 2. The average molecular weight is 614 g/mol. The first-order valence-electron chi connectivity index (χ1n) is 12.4. The minimum Gasteiger partial charge on any atom is -0.481 e. The van der Waals surface area contributed by atoms with Crippen molar-refractivity contribution in [3.05, 3.63) is 47.7 Å². The number of aliphatic imine (C=N–C) groups is 1. The van der Waals surface area contributed by atoms with Crippen LogP contribution in [0.15, 0.2) is 41.5 Å². The molecule has 1 aliphatic rings. The lowest BCUT2D eigenvalue weighted by Gasteiger charge is -2.26. The number of anilines is 1. The zero-order valence-corrected chi connectivity index (χ0v) is 21.8. The van der Waals surface area contributed by atoms with E-state index in [9.17, 15) is 41.4 Å². The zero-order valence-electron chi connectivity index (χ0n) is 21.8. The summed E-state index contributed by atoms with van der Waals surface area (Å²) < 4.78 is 75.2. The van der Waals surface area contributed by atoms with Gasteiger partial charge in [0.1, 0.15) is 23.7 Å². The number of carbonyl (C=O) groups is 3. The van der Waals surface area contributed by atoms with Crippen LogP contribution in [0.4, 0.5) is 27.6 Å². The van der Waals surface area contributed by atoms with E-state index in [1.807, 2.05) is 0 Å². The van der Waals surface area contributed by atoms with Crippen molar-refractivity contribution < 1.29 is 50.9 Å². The molecule has 1 aliphatic heterocycles. The summed E-state index contributed by atoms with van der Waals surface area (Å²) in [4.78, 5) is 41.0. The highest BCUT2D eigenvalue weighted by molar-refractivity contribution is 6.07. The Kier molecular flexibility index (Phi) is 9.15. The van der Waals surface area contributed by atoms with Crippen LogP contribution < -0.4 is 31.6 Å². The van der Waals surface area contributed by atoms with Crippen molar-refractivity contribution in [2.45, 2.75) is 37.8 Å². The molecule has 1 aromatic heterocycles. The quantitative estimate of drug-likeness (QED) is 0.191. The van der Waals surface area contributed by atoms with Crippen LogP contribution >= 0.6 is 0 Å². The van der Waals surface area contributed by atoms with E-state index in [0.717, 1.165) is 22.9 Å². The predicted molar refractivity (Wildman–Crippen MR) is 140 cm³/mol. The van der Waals surface area contributed by atoms with E-state index in [4.69, 9.17) is 11.5 Å². The summed E-state index contributed by atoms with van der Waals surface area (Å²) in [6.07, 6.45) is -0.837. The second-order valence-corrected chi connectivity index (χ2v) is 9.25. The Morgan fingerprint density at radius 3 is 2.23 bits per heavy atom. The number of hydrogen-bond donors (Lipinski definition) is 5. The summed E-state index contributed by atoms with van der Waals surface area (Å²) in [6.45, 7) is -6.95. The summed E-state index contributed by atoms with van der Waals surface area (Å²) in [5, 5.41) is 19.7. The number of aliphatic carboxylic acids is 1. The second-order valence-electron chi connectivity index (χ2n) is 9.25. The number of carboxylic acids is 1. The fourth-order valence-corrected chi connectivity index (χ4v) is 4.58. The molecule has 0 fully saturated rings. The lowest BCUT2D eigenvalue weighted by molar-refractivity contribution is -0.138. The monoisotopic (exact) mass is 613 g/mol. The van der Waals surface area contributed by atoms with E-state index in [0.29, 0.717) is 0 Å². The van der Waals surface area contributed by atoms with E-state index in [1.165, 1.54) is 18.3 Å². The molecule has 0 spiro atoms. The van der Waals surface area contributed by atoms with Crippen LogP contribution in [-0.4, -0.2) is 71.1 Å². The lowest BCUT2D eigenvalue weighted by atomic mass is 9.87. The molecule has 0 bridgehead atoms. The van der Waals surface area contributed by atoms with Gasteiger partial charge < -0.3 is 36.7 Å². The summed E-state index contributed by atoms with van der Waals surface area (Å²) in [5.74, 6) is -6.21. The number of ether oxygens (including phenoxy) is 2. The number of nitrogens with zero attached hydrogens (tertiary/aromatic N) is 3. The number of halogens is 5. The van der Waals surface area contributed by atoms with Crippen LogP contribution in [-0.2, 0) is 9.59 Å². The first-order chi connectivity index (χ1) is 20.3. The molecule has 13 nitrogen and oxygen atoms in total. The van der Waals surface area contributed by atoms with E-state index in [2.05, 4.69) is 30.2 Å². The van der Waals surface area contributed by atoms with E-state index in [-0.39, 0.29) is 46.8 Å². The predicted octanol–water partition coefficient (Wildman–Crippen LogP) is 2.33. The molecule has 2 amide bonds. The Morgan fingerprint density at radius 1 is 1.07 bits per heavy atom. The molecule has 2 aromatic carbocycles. The van der Waals surface area contributed by atoms with Gasteiger partial charge in [-0.1, -0.05) is 0 Å². The maximum atomic E-state index is 13.5. The highest BCUT2D eigenvalue weighted by atomic mass is 19.3. The third kappa shape index (κ3) is 7.38. The minimum atomic E-state index is -3.38. The van der Waals surface area contributed by atoms with Crippen molar-refractivity contribution in [3.8, 4) is 11.5 Å². The third-order valence-electron chi connectivity index (χ3n) is 6.30. The van der Waals surface area contributed by atoms with Gasteiger partial charge in [-0.3, -0.25) is 19.1 Å². The number of guanidine groups is 1. The van der Waals surface area contributed by atoms with Crippen molar-refractivity contribution in [1.29, 1.82) is 0 Å². The van der Waals surface area contributed by atoms with Crippen molar-refractivity contribution in [2.24, 2.45) is 16.5 Å². The second kappa shape index (κ2) is 12.8. The molecule has 0 radical (unpaired) electrons. The van der Waals surface area contributed by atoms with Crippen LogP contribution in [0, 0.1) is 0 Å². The van der Waals surface area contributed by atoms with E-state index < -0.39 is 67.1 Å². The first kappa shape index (κ1) is 30.8. The van der Waals surface area contributed by atoms with Crippen LogP contribution in [0.5, 0.6) is 11.5 Å². The molecule has 3 aromatic rings. The van der Waals surface area contributed by atoms with Gasteiger partial charge in [0, 0.05) is 22.9 Å². The van der Waals surface area contributed by atoms with E-state index >= 15 is 0 Å². The standard InChI is InChI=1S/C25H24F5N7O6/c26-12-7-33-25(34-8-12)36-17-3-11(21(31)40)4-18-16(17)9-35-37(18)20(22(32)41)15(6-19(38)39)10-1-13(42-23(27)28)5-14(2-10)43-24(29)30/h1-5,9,12,15,20,23-24H,6-8H2,(H2,31,40)(H2,32,41)(H,38,39)(H2,33,34,36)/t15-,20?/m0/s1. The number of alkyl halides is 5. The van der Waals surface area contributed by atoms with Gasteiger partial charge in [0.25, 0.3) is 0 Å². The molecule has 230 valence electrons. The largest absolute Gasteiger partial charge is 0.481 e. The van der Waals surface area contributed by atoms with Gasteiger partial charge in [-0.25, -0.2) is 9.38 Å². The average Bonchev–Trinajstić information content (AvgIpc) is 3.32. The van der Waals surface area contributed by atoms with Crippen LogP contribution in [0.1, 0.15) is 34.3 Å². The van der Waals surface area contributed by atoms with E-state index in [1.54, 1.807) is 0 Å². The van der Waals surface area contributed by atoms with Crippen molar-refractivity contribution in [2.75, 3.05) is 18.4 Å². The number of carbonyl (C=O) groups excluding carboxylic acids is 2. The minimum absolute atomic E-state index is 0.0433. The molecule has 43 heavy (non-hydrogen) atoms. The van der Waals surface area contributed by atoms with Crippen molar-refractivity contribution in [1.82, 2.24) is 15.1 Å². The van der Waals surface area contributed by atoms with Crippen molar-refractivity contribution >= 4 is 40.3 Å². The molecule has 7 N–H and O–H groups in total. The van der Waals surface area contributed by atoms with Crippen LogP contribution in [0.2, 0.25) is 0 Å². The number of carboxylic acid groups (broad SMARTS) is 1. The Bertz CT molecular complexity index is 1540. The SMILES string of the molecule is NC(=O)c1cc(NC2=NCC(F)CN2)c2cnn(C(C(N)=O)[C@@H](CC(=O)O)c3cc(OC(F)F)cc(OC(F)F)c3)c2c1. The molecule has 2 heterocycles. The maximum Gasteiger partial charge on any atom is 0.387 e.